The van der Waals surface area contributed by atoms with Crippen LogP contribution in [0.3, 0.4) is 0 Å². The lowest BCUT2D eigenvalue weighted by Crippen LogP contribution is -2.44. The summed E-state index contributed by atoms with van der Waals surface area (Å²) in [5, 5.41) is 3.78. The van der Waals surface area contributed by atoms with Gasteiger partial charge in [0.2, 0.25) is 11.8 Å². The summed E-state index contributed by atoms with van der Waals surface area (Å²) in [7, 11) is 1.52. The molecule has 2 aromatic rings. The number of carbonyl (C=O) groups excluding carboxylic acids is 1. The topological polar surface area (TPSA) is 90.6 Å². The van der Waals surface area contributed by atoms with E-state index < -0.39 is 0 Å². The summed E-state index contributed by atoms with van der Waals surface area (Å²) < 4.78 is 15.8. The predicted octanol–water partition coefficient (Wildman–Crippen LogP) is 1.47. The number of methoxy groups -OCH3 is 1. The van der Waals surface area contributed by atoms with Gasteiger partial charge in [0, 0.05) is 12.6 Å². The van der Waals surface area contributed by atoms with Crippen molar-refractivity contribution < 1.29 is 18.8 Å². The number of carbonyl (C=O) groups is 1. The third kappa shape index (κ3) is 3.58. The third-order valence-electron chi connectivity index (χ3n) is 3.60. The lowest BCUT2D eigenvalue weighted by Gasteiger charge is -2.32. The highest BCUT2D eigenvalue weighted by atomic mass is 16.5. The number of amides is 1. The number of rotatable bonds is 4. The number of hydrogen-bond donors (Lipinski definition) is 0. The Balaban J connectivity index is 1.64. The Morgan fingerprint density at radius 1 is 1.39 bits per heavy atom. The molecule has 3 rings (SSSR count). The molecule has 0 radical (unpaired) electrons. The summed E-state index contributed by atoms with van der Waals surface area (Å²) in [4.78, 5) is 22.3. The second kappa shape index (κ2) is 6.64. The highest BCUT2D eigenvalue weighted by Crippen LogP contribution is 2.19. The summed E-state index contributed by atoms with van der Waals surface area (Å²) in [5.41, 5.74) is 0.323. The SMILES string of the molecule is COc1cncc(O[C@H]2CCCN(C(=O)c3cc(C)on3)C2)n1. The van der Waals surface area contributed by atoms with Crippen molar-refractivity contribution in [2.24, 2.45) is 0 Å². The molecule has 1 atom stereocenters. The molecule has 122 valence electrons. The van der Waals surface area contributed by atoms with Gasteiger partial charge in [-0.05, 0) is 19.8 Å². The second-order valence-electron chi connectivity index (χ2n) is 5.36. The molecule has 1 amide bonds. The summed E-state index contributed by atoms with van der Waals surface area (Å²) in [6.07, 6.45) is 4.61. The van der Waals surface area contributed by atoms with Crippen LogP contribution in [0.1, 0.15) is 29.1 Å². The van der Waals surface area contributed by atoms with E-state index in [9.17, 15) is 4.79 Å². The Bertz CT molecular complexity index is 688. The molecule has 1 aliphatic heterocycles. The van der Waals surface area contributed by atoms with Gasteiger partial charge < -0.3 is 18.9 Å². The molecular formula is C15H18N4O4. The van der Waals surface area contributed by atoms with Crippen molar-refractivity contribution >= 4 is 5.91 Å². The molecule has 0 unspecified atom stereocenters. The first kappa shape index (κ1) is 15.3. The minimum Gasteiger partial charge on any atom is -0.480 e. The molecule has 8 nitrogen and oxygen atoms in total. The van der Waals surface area contributed by atoms with Crippen molar-refractivity contribution in [3.05, 3.63) is 29.9 Å². The van der Waals surface area contributed by atoms with Gasteiger partial charge in [-0.2, -0.15) is 4.98 Å². The van der Waals surface area contributed by atoms with E-state index in [1.54, 1.807) is 17.9 Å². The molecule has 1 saturated heterocycles. The summed E-state index contributed by atoms with van der Waals surface area (Å²) in [6.45, 7) is 2.91. The van der Waals surface area contributed by atoms with Gasteiger partial charge in [-0.3, -0.25) is 9.78 Å². The van der Waals surface area contributed by atoms with Gasteiger partial charge in [0.15, 0.2) is 5.69 Å². The molecule has 0 N–H and O–H groups in total. The molecule has 0 spiro atoms. The monoisotopic (exact) mass is 318 g/mol. The standard InChI is InChI=1S/C15H18N4O4/c1-10-6-12(18-23-10)15(20)19-5-3-4-11(9-19)22-14-8-16-7-13(17-14)21-2/h6-8,11H,3-5,9H2,1-2H3/t11-/m0/s1. The largest absolute Gasteiger partial charge is 0.480 e. The number of likely N-dealkylation sites (tertiary alicyclic amines) is 1. The van der Waals surface area contributed by atoms with Crippen LogP contribution in [0, 0.1) is 6.92 Å². The van der Waals surface area contributed by atoms with Crippen LogP contribution in [-0.2, 0) is 0 Å². The van der Waals surface area contributed by atoms with Crippen LogP contribution in [-0.4, -0.2) is 52.2 Å². The maximum atomic E-state index is 12.4. The predicted molar refractivity (Wildman–Crippen MR) is 79.4 cm³/mol. The van der Waals surface area contributed by atoms with Gasteiger partial charge in [-0.25, -0.2) is 0 Å². The van der Waals surface area contributed by atoms with Crippen LogP contribution in [0.4, 0.5) is 0 Å². The molecule has 23 heavy (non-hydrogen) atoms. The summed E-state index contributed by atoms with van der Waals surface area (Å²) in [6, 6.07) is 1.64. The fraction of sp³-hybridized carbons (Fsp3) is 0.467. The normalized spacial score (nSPS) is 17.8. The first-order valence-corrected chi connectivity index (χ1v) is 7.41. The quantitative estimate of drug-likeness (QED) is 0.843. The number of piperidine rings is 1. The van der Waals surface area contributed by atoms with Gasteiger partial charge in [-0.1, -0.05) is 5.16 Å². The zero-order chi connectivity index (χ0) is 16.2. The van der Waals surface area contributed by atoms with Crippen molar-refractivity contribution in [2.75, 3.05) is 20.2 Å². The first-order valence-electron chi connectivity index (χ1n) is 7.41. The van der Waals surface area contributed by atoms with E-state index in [-0.39, 0.29) is 12.0 Å². The second-order valence-corrected chi connectivity index (χ2v) is 5.36. The van der Waals surface area contributed by atoms with Gasteiger partial charge in [0.05, 0.1) is 26.0 Å². The fourth-order valence-electron chi connectivity index (χ4n) is 2.51. The molecule has 8 heteroatoms. The Morgan fingerprint density at radius 3 is 2.96 bits per heavy atom. The van der Waals surface area contributed by atoms with Crippen LogP contribution >= 0.6 is 0 Å². The van der Waals surface area contributed by atoms with Gasteiger partial charge in [-0.15, -0.1) is 0 Å². The van der Waals surface area contributed by atoms with Gasteiger partial charge in [0.25, 0.3) is 5.91 Å². The highest BCUT2D eigenvalue weighted by molar-refractivity contribution is 5.92. The number of aromatic nitrogens is 3. The Hall–Kier alpha value is -2.64. The average Bonchev–Trinajstić information content (AvgIpc) is 3.01. The molecule has 0 aliphatic carbocycles. The lowest BCUT2D eigenvalue weighted by molar-refractivity contribution is 0.0516. The van der Waals surface area contributed by atoms with Crippen LogP contribution < -0.4 is 9.47 Å². The van der Waals surface area contributed by atoms with Crippen LogP contribution in [0.15, 0.2) is 23.0 Å². The van der Waals surface area contributed by atoms with E-state index in [4.69, 9.17) is 14.0 Å². The van der Waals surface area contributed by atoms with Crippen LogP contribution in [0.25, 0.3) is 0 Å². The minimum atomic E-state index is -0.146. The van der Waals surface area contributed by atoms with E-state index >= 15 is 0 Å². The molecule has 0 bridgehead atoms. The number of ether oxygens (including phenoxy) is 2. The molecule has 1 aliphatic rings. The molecule has 3 heterocycles. The Labute approximate surface area is 133 Å². The molecular weight excluding hydrogens is 300 g/mol. The molecule has 1 fully saturated rings. The Kier molecular flexibility index (Phi) is 4.40. The number of hydrogen-bond acceptors (Lipinski definition) is 7. The number of aryl methyl sites for hydroxylation is 1. The zero-order valence-electron chi connectivity index (χ0n) is 13.1. The maximum absolute atomic E-state index is 12.4. The highest BCUT2D eigenvalue weighted by Gasteiger charge is 2.27. The number of nitrogens with zero attached hydrogens (tertiary/aromatic N) is 4. The smallest absolute Gasteiger partial charge is 0.276 e. The van der Waals surface area contributed by atoms with E-state index in [1.165, 1.54) is 19.5 Å². The van der Waals surface area contributed by atoms with Crippen molar-refractivity contribution in [1.82, 2.24) is 20.0 Å². The zero-order valence-corrected chi connectivity index (χ0v) is 13.1. The Morgan fingerprint density at radius 2 is 2.22 bits per heavy atom. The average molecular weight is 318 g/mol. The third-order valence-corrected chi connectivity index (χ3v) is 3.60. The molecule has 0 aromatic carbocycles. The molecule has 2 aromatic heterocycles. The van der Waals surface area contributed by atoms with Crippen molar-refractivity contribution in [3.8, 4) is 11.8 Å². The fourth-order valence-corrected chi connectivity index (χ4v) is 2.51. The van der Waals surface area contributed by atoms with Crippen molar-refractivity contribution in [3.63, 3.8) is 0 Å². The van der Waals surface area contributed by atoms with Gasteiger partial charge >= 0.3 is 0 Å². The van der Waals surface area contributed by atoms with Gasteiger partial charge in [0.1, 0.15) is 11.9 Å². The minimum absolute atomic E-state index is 0.137. The van der Waals surface area contributed by atoms with Crippen molar-refractivity contribution in [1.29, 1.82) is 0 Å². The lowest BCUT2D eigenvalue weighted by atomic mass is 10.1. The summed E-state index contributed by atoms with van der Waals surface area (Å²) >= 11 is 0. The van der Waals surface area contributed by atoms with E-state index in [1.807, 2.05) is 0 Å². The van der Waals surface area contributed by atoms with E-state index in [0.717, 1.165) is 12.8 Å². The van der Waals surface area contributed by atoms with E-state index in [0.29, 0.717) is 36.3 Å². The molecule has 0 saturated carbocycles. The van der Waals surface area contributed by atoms with Crippen LogP contribution in [0.2, 0.25) is 0 Å². The summed E-state index contributed by atoms with van der Waals surface area (Å²) in [5.74, 6) is 1.25. The van der Waals surface area contributed by atoms with Crippen LogP contribution in [0.5, 0.6) is 11.8 Å². The van der Waals surface area contributed by atoms with Crippen molar-refractivity contribution in [2.45, 2.75) is 25.9 Å². The van der Waals surface area contributed by atoms with E-state index in [2.05, 4.69) is 15.1 Å². The first-order chi connectivity index (χ1) is 11.2. The maximum Gasteiger partial charge on any atom is 0.276 e.